The summed E-state index contributed by atoms with van der Waals surface area (Å²) >= 11 is 9.75. The first-order chi connectivity index (χ1) is 7.13. The Kier molecular flexibility index (Phi) is 2.98. The molecule has 0 aliphatic rings. The van der Waals surface area contributed by atoms with Crippen molar-refractivity contribution in [2.75, 3.05) is 0 Å². The highest BCUT2D eigenvalue weighted by atomic mass is 79.9. The quantitative estimate of drug-likeness (QED) is 0.750. The molecule has 1 aromatic heterocycles. The number of halogens is 2. The third-order valence-corrected chi connectivity index (χ3v) is 3.44. The van der Waals surface area contributed by atoms with Gasteiger partial charge in [0, 0.05) is 15.6 Å². The van der Waals surface area contributed by atoms with E-state index < -0.39 is 0 Å². The van der Waals surface area contributed by atoms with Crippen LogP contribution in [0.5, 0.6) is 0 Å². The molecule has 0 spiro atoms. The Balaban J connectivity index is 2.90. The van der Waals surface area contributed by atoms with Crippen LogP contribution in [0.3, 0.4) is 0 Å². The molecule has 0 N–H and O–H groups in total. The lowest BCUT2D eigenvalue weighted by Gasteiger charge is -2.07. The fourth-order valence-electron chi connectivity index (χ4n) is 1.62. The van der Waals surface area contributed by atoms with Gasteiger partial charge in [0.15, 0.2) is 0 Å². The molecule has 0 saturated heterocycles. The molecule has 15 heavy (non-hydrogen) atoms. The number of pyridine rings is 1. The summed E-state index contributed by atoms with van der Waals surface area (Å²) in [7, 11) is 0. The summed E-state index contributed by atoms with van der Waals surface area (Å²) in [6, 6.07) is 6.00. The van der Waals surface area contributed by atoms with Gasteiger partial charge in [-0.15, -0.1) is 0 Å². The third kappa shape index (κ3) is 1.88. The number of hydrogen-bond donors (Lipinski definition) is 0. The lowest BCUT2D eigenvalue weighted by molar-refractivity contribution is 1.05. The maximum atomic E-state index is 6.25. The molecule has 3 heteroatoms. The van der Waals surface area contributed by atoms with E-state index in [0.29, 0.717) is 0 Å². The monoisotopic (exact) mass is 283 g/mol. The van der Waals surface area contributed by atoms with E-state index in [1.165, 1.54) is 0 Å². The Labute approximate surface area is 103 Å². The smallest absolute Gasteiger partial charge is 0.0760 e. The standard InChI is InChI=1S/C12H11BrClN/c1-3-8-6-10(14)11-9(13)5-4-7(2)12(11)15-8/h4-6H,3H2,1-2H3. The summed E-state index contributed by atoms with van der Waals surface area (Å²) in [4.78, 5) is 4.60. The highest BCUT2D eigenvalue weighted by molar-refractivity contribution is 9.10. The van der Waals surface area contributed by atoms with Gasteiger partial charge in [0.2, 0.25) is 0 Å². The van der Waals surface area contributed by atoms with Crippen LogP contribution in [0.4, 0.5) is 0 Å². The van der Waals surface area contributed by atoms with Gasteiger partial charge in [-0.1, -0.05) is 40.5 Å². The van der Waals surface area contributed by atoms with Gasteiger partial charge >= 0.3 is 0 Å². The Hall–Kier alpha value is -0.600. The minimum Gasteiger partial charge on any atom is -0.252 e. The average molecular weight is 285 g/mol. The van der Waals surface area contributed by atoms with E-state index in [-0.39, 0.29) is 0 Å². The molecule has 1 aromatic carbocycles. The number of rotatable bonds is 1. The van der Waals surface area contributed by atoms with Gasteiger partial charge < -0.3 is 0 Å². The van der Waals surface area contributed by atoms with Crippen LogP contribution >= 0.6 is 27.5 Å². The van der Waals surface area contributed by atoms with Gasteiger partial charge in [-0.25, -0.2) is 0 Å². The molecular formula is C12H11BrClN. The van der Waals surface area contributed by atoms with Gasteiger partial charge in [0.25, 0.3) is 0 Å². The first-order valence-electron chi connectivity index (χ1n) is 4.87. The summed E-state index contributed by atoms with van der Waals surface area (Å²) in [5.74, 6) is 0. The molecular weight excluding hydrogens is 273 g/mol. The number of hydrogen-bond acceptors (Lipinski definition) is 1. The minimum absolute atomic E-state index is 0.771. The van der Waals surface area contributed by atoms with Crippen molar-refractivity contribution < 1.29 is 0 Å². The first kappa shape index (κ1) is 10.9. The topological polar surface area (TPSA) is 12.9 Å². The lowest BCUT2D eigenvalue weighted by atomic mass is 10.1. The van der Waals surface area contributed by atoms with Crippen molar-refractivity contribution in [3.05, 3.63) is 39.0 Å². The molecule has 2 aromatic rings. The van der Waals surface area contributed by atoms with Crippen LogP contribution in [0.2, 0.25) is 5.02 Å². The summed E-state index contributed by atoms with van der Waals surface area (Å²) < 4.78 is 1.00. The van der Waals surface area contributed by atoms with E-state index in [2.05, 4.69) is 40.8 Å². The van der Waals surface area contributed by atoms with Gasteiger partial charge in [0.1, 0.15) is 0 Å². The van der Waals surface area contributed by atoms with Crippen molar-refractivity contribution in [3.8, 4) is 0 Å². The number of aromatic nitrogens is 1. The highest BCUT2D eigenvalue weighted by Gasteiger charge is 2.08. The predicted octanol–water partition coefficient (Wildman–Crippen LogP) is 4.52. The van der Waals surface area contributed by atoms with E-state index in [0.717, 1.165) is 38.1 Å². The van der Waals surface area contributed by atoms with Crippen molar-refractivity contribution in [3.63, 3.8) is 0 Å². The SMILES string of the molecule is CCc1cc(Cl)c2c(Br)ccc(C)c2n1. The van der Waals surface area contributed by atoms with Crippen LogP contribution in [0, 0.1) is 6.92 Å². The molecule has 1 nitrogen and oxygen atoms in total. The number of fused-ring (bicyclic) bond motifs is 1. The molecule has 0 unspecified atom stereocenters. The molecule has 78 valence electrons. The zero-order chi connectivity index (χ0) is 11.0. The molecule has 0 fully saturated rings. The zero-order valence-corrected chi connectivity index (χ0v) is 11.0. The van der Waals surface area contributed by atoms with Crippen LogP contribution < -0.4 is 0 Å². The maximum Gasteiger partial charge on any atom is 0.0760 e. The van der Waals surface area contributed by atoms with Crippen molar-refractivity contribution in [1.82, 2.24) is 4.98 Å². The van der Waals surface area contributed by atoms with Crippen LogP contribution in [-0.2, 0) is 6.42 Å². The molecule has 0 amide bonds. The summed E-state index contributed by atoms with van der Waals surface area (Å²) in [5.41, 5.74) is 3.19. The second kappa shape index (κ2) is 4.11. The predicted molar refractivity (Wildman–Crippen MR) is 68.6 cm³/mol. The molecule has 0 saturated carbocycles. The minimum atomic E-state index is 0.771. The summed E-state index contributed by atoms with van der Waals surface area (Å²) in [6.07, 6.45) is 0.904. The lowest BCUT2D eigenvalue weighted by Crippen LogP contribution is -1.91. The molecule has 0 atom stereocenters. The fourth-order valence-corrected chi connectivity index (χ4v) is 2.58. The number of nitrogens with zero attached hydrogens (tertiary/aromatic N) is 1. The van der Waals surface area contributed by atoms with E-state index >= 15 is 0 Å². The fraction of sp³-hybridized carbons (Fsp3) is 0.250. The molecule has 0 aliphatic carbocycles. The second-order valence-corrected chi connectivity index (χ2v) is 4.80. The van der Waals surface area contributed by atoms with Gasteiger partial charge in [0.05, 0.1) is 10.5 Å². The molecule has 0 aliphatic heterocycles. The van der Waals surface area contributed by atoms with Crippen molar-refractivity contribution >= 4 is 38.4 Å². The number of aryl methyl sites for hydroxylation is 2. The van der Waals surface area contributed by atoms with Crippen molar-refractivity contribution in [1.29, 1.82) is 0 Å². The average Bonchev–Trinajstić information content (AvgIpc) is 2.23. The Morgan fingerprint density at radius 2 is 2.13 bits per heavy atom. The number of benzene rings is 1. The first-order valence-corrected chi connectivity index (χ1v) is 6.04. The second-order valence-electron chi connectivity index (χ2n) is 3.54. The van der Waals surface area contributed by atoms with Crippen LogP contribution in [0.1, 0.15) is 18.2 Å². The molecule has 1 heterocycles. The van der Waals surface area contributed by atoms with Crippen molar-refractivity contribution in [2.24, 2.45) is 0 Å². The van der Waals surface area contributed by atoms with E-state index in [4.69, 9.17) is 11.6 Å². The van der Waals surface area contributed by atoms with E-state index in [9.17, 15) is 0 Å². The van der Waals surface area contributed by atoms with Gasteiger partial charge in [-0.05, 0) is 31.0 Å². The van der Waals surface area contributed by atoms with Gasteiger partial charge in [-0.3, -0.25) is 4.98 Å². The molecule has 2 rings (SSSR count). The van der Waals surface area contributed by atoms with Gasteiger partial charge in [-0.2, -0.15) is 0 Å². The molecule has 0 bridgehead atoms. The summed E-state index contributed by atoms with van der Waals surface area (Å²) in [5, 5.41) is 1.78. The van der Waals surface area contributed by atoms with Crippen molar-refractivity contribution in [2.45, 2.75) is 20.3 Å². The van der Waals surface area contributed by atoms with E-state index in [1.54, 1.807) is 0 Å². The highest BCUT2D eigenvalue weighted by Crippen LogP contribution is 2.32. The maximum absolute atomic E-state index is 6.25. The Bertz CT molecular complexity index is 523. The van der Waals surface area contributed by atoms with Crippen LogP contribution in [-0.4, -0.2) is 4.98 Å². The largest absolute Gasteiger partial charge is 0.252 e. The summed E-state index contributed by atoms with van der Waals surface area (Å²) in [6.45, 7) is 4.13. The Morgan fingerprint density at radius 1 is 1.40 bits per heavy atom. The third-order valence-electron chi connectivity index (χ3n) is 2.48. The molecule has 0 radical (unpaired) electrons. The normalized spacial score (nSPS) is 10.9. The zero-order valence-electron chi connectivity index (χ0n) is 8.64. The van der Waals surface area contributed by atoms with Crippen LogP contribution in [0.25, 0.3) is 10.9 Å². The Morgan fingerprint density at radius 3 is 2.80 bits per heavy atom. The van der Waals surface area contributed by atoms with E-state index in [1.807, 2.05) is 12.1 Å². The van der Waals surface area contributed by atoms with Crippen LogP contribution in [0.15, 0.2) is 22.7 Å².